The van der Waals surface area contributed by atoms with Gasteiger partial charge in [-0.2, -0.15) is 0 Å². The van der Waals surface area contributed by atoms with Gasteiger partial charge in [-0.3, -0.25) is 4.79 Å². The van der Waals surface area contributed by atoms with Gasteiger partial charge in [0.2, 0.25) is 9.84 Å². The molecule has 1 rings (SSSR count). The fourth-order valence-electron chi connectivity index (χ4n) is 0.803. The summed E-state index contributed by atoms with van der Waals surface area (Å²) in [6.07, 6.45) is 2.20. The zero-order valence-corrected chi connectivity index (χ0v) is 9.15. The number of anilines is 1. The second kappa shape index (κ2) is 3.93. The van der Waals surface area contributed by atoms with Crippen molar-refractivity contribution in [1.82, 2.24) is 9.97 Å². The number of rotatable bonds is 2. The fraction of sp³-hybridized carbons (Fsp3) is 0.375. The number of nitrogen functional groups attached to an aromatic ring is 1. The maximum absolute atomic E-state index is 11.5. The summed E-state index contributed by atoms with van der Waals surface area (Å²) >= 11 is 0. The van der Waals surface area contributed by atoms with E-state index in [0.29, 0.717) is 0 Å². The number of sulfone groups is 1. The molecule has 1 aromatic rings. The first kappa shape index (κ1) is 11.6. The van der Waals surface area contributed by atoms with Gasteiger partial charge in [0.25, 0.3) is 5.12 Å². The average molecular weight is 229 g/mol. The molecule has 6 nitrogen and oxygen atoms in total. The summed E-state index contributed by atoms with van der Waals surface area (Å²) in [4.78, 5) is 18.7. The molecule has 0 aromatic carbocycles. The van der Waals surface area contributed by atoms with Crippen LogP contribution in [0.25, 0.3) is 0 Å². The lowest BCUT2D eigenvalue weighted by atomic mass is 10.5. The lowest BCUT2D eigenvalue weighted by Crippen LogP contribution is -2.24. The van der Waals surface area contributed by atoms with Gasteiger partial charge in [0.15, 0.2) is 0 Å². The second-order valence-electron chi connectivity index (χ2n) is 3.21. The van der Waals surface area contributed by atoms with E-state index in [0.717, 1.165) is 12.4 Å². The van der Waals surface area contributed by atoms with Crippen molar-refractivity contribution in [1.29, 1.82) is 0 Å². The van der Waals surface area contributed by atoms with E-state index in [1.165, 1.54) is 13.8 Å². The highest BCUT2D eigenvalue weighted by Crippen LogP contribution is 2.08. The van der Waals surface area contributed by atoms with E-state index >= 15 is 0 Å². The summed E-state index contributed by atoms with van der Waals surface area (Å²) < 4.78 is 22.9. The molecule has 0 aliphatic carbocycles. The average Bonchev–Trinajstić information content (AvgIpc) is 2.17. The minimum atomic E-state index is -3.83. The van der Waals surface area contributed by atoms with Crippen LogP contribution >= 0.6 is 0 Å². The van der Waals surface area contributed by atoms with Gasteiger partial charge in [-0.1, -0.05) is 0 Å². The quantitative estimate of drug-likeness (QED) is 0.766. The highest BCUT2D eigenvalue weighted by molar-refractivity contribution is 8.07. The monoisotopic (exact) mass is 229 g/mol. The maximum Gasteiger partial charge on any atom is 0.296 e. The summed E-state index contributed by atoms with van der Waals surface area (Å²) in [7, 11) is -3.83. The van der Waals surface area contributed by atoms with E-state index in [1.54, 1.807) is 0 Å². The molecular weight excluding hydrogens is 218 g/mol. The third-order valence-corrected chi connectivity index (χ3v) is 3.73. The predicted molar refractivity (Wildman–Crippen MR) is 54.8 cm³/mol. The first-order valence-electron chi connectivity index (χ1n) is 4.21. The molecule has 7 heteroatoms. The summed E-state index contributed by atoms with van der Waals surface area (Å²) in [5, 5.41) is -1.80. The third-order valence-electron chi connectivity index (χ3n) is 1.76. The second-order valence-corrected chi connectivity index (χ2v) is 5.61. The van der Waals surface area contributed by atoms with Gasteiger partial charge >= 0.3 is 0 Å². The largest absolute Gasteiger partial charge is 0.382 e. The van der Waals surface area contributed by atoms with E-state index in [1.807, 2.05) is 0 Å². The molecular formula is C8H11N3O3S. The van der Waals surface area contributed by atoms with Crippen molar-refractivity contribution < 1.29 is 13.2 Å². The molecule has 0 radical (unpaired) electrons. The van der Waals surface area contributed by atoms with Crippen LogP contribution in [-0.4, -0.2) is 28.8 Å². The third kappa shape index (κ3) is 2.30. The molecule has 15 heavy (non-hydrogen) atoms. The molecule has 0 aliphatic heterocycles. The molecule has 1 heterocycles. The van der Waals surface area contributed by atoms with Gasteiger partial charge in [-0.15, -0.1) is 0 Å². The Bertz CT molecular complexity index is 464. The Morgan fingerprint density at radius 3 is 2.33 bits per heavy atom. The Kier molecular flexibility index (Phi) is 3.04. The van der Waals surface area contributed by atoms with Crippen LogP contribution in [0.15, 0.2) is 12.4 Å². The van der Waals surface area contributed by atoms with Crippen molar-refractivity contribution in [3.8, 4) is 0 Å². The summed E-state index contributed by atoms with van der Waals surface area (Å²) in [5.74, 6) is 0.133. The van der Waals surface area contributed by atoms with Crippen molar-refractivity contribution in [3.63, 3.8) is 0 Å². The van der Waals surface area contributed by atoms with Crippen LogP contribution in [0.5, 0.6) is 0 Å². The Labute approximate surface area is 87.5 Å². The van der Waals surface area contributed by atoms with Crippen LogP contribution in [0.1, 0.15) is 24.3 Å². The van der Waals surface area contributed by atoms with Crippen molar-refractivity contribution in [2.45, 2.75) is 19.1 Å². The molecule has 0 saturated carbocycles. The van der Waals surface area contributed by atoms with E-state index in [4.69, 9.17) is 5.73 Å². The van der Waals surface area contributed by atoms with E-state index in [-0.39, 0.29) is 11.5 Å². The number of carbonyl (C=O) groups excluding carboxylic acids is 1. The molecule has 2 N–H and O–H groups in total. The number of aromatic nitrogens is 2. The van der Waals surface area contributed by atoms with Crippen LogP contribution in [0, 0.1) is 0 Å². The lowest BCUT2D eigenvalue weighted by molar-refractivity contribution is 0.107. The molecule has 0 bridgehead atoms. The highest BCUT2D eigenvalue weighted by atomic mass is 32.2. The highest BCUT2D eigenvalue weighted by Gasteiger charge is 2.28. The molecule has 82 valence electrons. The van der Waals surface area contributed by atoms with Crippen LogP contribution in [0.4, 0.5) is 5.82 Å². The van der Waals surface area contributed by atoms with Crippen LogP contribution in [0.2, 0.25) is 0 Å². The Morgan fingerprint density at radius 2 is 1.93 bits per heavy atom. The standard InChI is InChI=1S/C8H11N3O3S/c1-5(2)15(13,14)8(12)6-3-11-7(9)4-10-6/h3-5H,1-2H3,(H2,9,11). The van der Waals surface area contributed by atoms with Gasteiger partial charge in [0, 0.05) is 0 Å². The molecule has 0 atom stereocenters. The van der Waals surface area contributed by atoms with E-state index in [2.05, 4.69) is 9.97 Å². The van der Waals surface area contributed by atoms with Gasteiger partial charge in [0.1, 0.15) is 11.5 Å². The predicted octanol–water partition coefficient (Wildman–Crippen LogP) is 0.0222. The van der Waals surface area contributed by atoms with Gasteiger partial charge in [0.05, 0.1) is 17.6 Å². The number of nitrogens with two attached hydrogens (primary N) is 1. The van der Waals surface area contributed by atoms with Gasteiger partial charge in [-0.25, -0.2) is 18.4 Å². The topological polar surface area (TPSA) is 103 Å². The van der Waals surface area contributed by atoms with Crippen molar-refractivity contribution in [2.24, 2.45) is 0 Å². The van der Waals surface area contributed by atoms with Crippen molar-refractivity contribution >= 4 is 20.8 Å². The van der Waals surface area contributed by atoms with Gasteiger partial charge in [-0.05, 0) is 13.8 Å². The fourth-order valence-corrected chi connectivity index (χ4v) is 1.63. The number of hydrogen-bond donors (Lipinski definition) is 1. The van der Waals surface area contributed by atoms with Gasteiger partial charge < -0.3 is 5.73 Å². The molecule has 0 fully saturated rings. The molecule has 0 unspecified atom stereocenters. The van der Waals surface area contributed by atoms with Crippen LogP contribution in [-0.2, 0) is 9.84 Å². The smallest absolute Gasteiger partial charge is 0.296 e. The summed E-state index contributed by atoms with van der Waals surface area (Å²) in [6, 6.07) is 0. The van der Waals surface area contributed by atoms with Crippen LogP contribution < -0.4 is 5.73 Å². The lowest BCUT2D eigenvalue weighted by Gasteiger charge is -2.04. The first-order chi connectivity index (χ1) is 6.85. The minimum absolute atomic E-state index is 0.133. The number of nitrogens with zero attached hydrogens (tertiary/aromatic N) is 2. The Morgan fingerprint density at radius 1 is 1.33 bits per heavy atom. The minimum Gasteiger partial charge on any atom is -0.382 e. The maximum atomic E-state index is 11.5. The zero-order chi connectivity index (χ0) is 11.6. The number of carbonyl (C=O) groups is 1. The summed E-state index contributed by atoms with van der Waals surface area (Å²) in [6.45, 7) is 2.86. The molecule has 0 aliphatic rings. The van der Waals surface area contributed by atoms with Crippen molar-refractivity contribution in [2.75, 3.05) is 5.73 Å². The SMILES string of the molecule is CC(C)S(=O)(=O)C(=O)c1cnc(N)cn1. The molecule has 0 saturated heterocycles. The normalized spacial score (nSPS) is 11.7. The molecule has 0 spiro atoms. The number of hydrogen-bond acceptors (Lipinski definition) is 6. The molecule has 0 amide bonds. The van der Waals surface area contributed by atoms with Crippen LogP contribution in [0.3, 0.4) is 0 Å². The first-order valence-corrected chi connectivity index (χ1v) is 5.76. The summed E-state index contributed by atoms with van der Waals surface area (Å²) in [5.41, 5.74) is 5.05. The molecule has 1 aromatic heterocycles. The zero-order valence-electron chi connectivity index (χ0n) is 8.34. The Hall–Kier alpha value is -1.50. The Balaban J connectivity index is 3.11. The van der Waals surface area contributed by atoms with E-state index < -0.39 is 20.2 Å². The van der Waals surface area contributed by atoms with Crippen molar-refractivity contribution in [3.05, 3.63) is 18.1 Å². The van der Waals surface area contributed by atoms with E-state index in [9.17, 15) is 13.2 Å².